The van der Waals surface area contributed by atoms with Gasteiger partial charge in [0.2, 0.25) is 0 Å². The fraction of sp³-hybridized carbons (Fsp3) is 0.696. The molecule has 9 nitrogen and oxygen atoms in total. The number of ether oxygens (including phenoxy) is 3. The first-order valence-electron chi connectivity index (χ1n) is 11.5. The highest BCUT2D eigenvalue weighted by Crippen LogP contribution is 2.33. The van der Waals surface area contributed by atoms with E-state index in [1.807, 2.05) is 6.92 Å². The number of hydrogen-bond donors (Lipinski definition) is 2. The van der Waals surface area contributed by atoms with Gasteiger partial charge in [-0.25, -0.2) is 9.59 Å². The number of aromatic nitrogens is 1. The van der Waals surface area contributed by atoms with Gasteiger partial charge >= 0.3 is 11.9 Å². The van der Waals surface area contributed by atoms with E-state index in [0.717, 1.165) is 52.0 Å². The summed E-state index contributed by atoms with van der Waals surface area (Å²) in [7, 11) is 1.30. The van der Waals surface area contributed by atoms with Gasteiger partial charge in [-0.15, -0.1) is 0 Å². The minimum Gasteiger partial charge on any atom is -0.465 e. The van der Waals surface area contributed by atoms with E-state index in [1.54, 1.807) is 6.92 Å². The molecule has 2 heterocycles. The lowest BCUT2D eigenvalue weighted by molar-refractivity contribution is -0.125. The number of amides is 1. The van der Waals surface area contributed by atoms with E-state index in [-0.39, 0.29) is 23.7 Å². The molecule has 0 unspecified atom stereocenters. The first kappa shape index (κ1) is 24.3. The van der Waals surface area contributed by atoms with Gasteiger partial charge in [0.05, 0.1) is 25.9 Å². The summed E-state index contributed by atoms with van der Waals surface area (Å²) in [6, 6.07) is 0. The van der Waals surface area contributed by atoms with Crippen molar-refractivity contribution in [3.8, 4) is 0 Å². The van der Waals surface area contributed by atoms with Crippen LogP contribution in [0, 0.1) is 6.92 Å². The van der Waals surface area contributed by atoms with Crippen molar-refractivity contribution in [2.45, 2.75) is 57.9 Å². The fourth-order valence-electron chi connectivity index (χ4n) is 4.88. The number of hydrogen-bond acceptors (Lipinski definition) is 7. The number of methoxy groups -OCH3 is 1. The quantitative estimate of drug-likeness (QED) is 0.584. The lowest BCUT2D eigenvalue weighted by atomic mass is 9.79. The number of carbonyl (C=O) groups excluding carboxylic acids is 3. The SMILES string of the molecule is CCc1[nH]c(C(=O)OCC(=O)NCC2(N3CCOCC3)CCCCC2)c(C)c1C(=O)OC. The van der Waals surface area contributed by atoms with E-state index in [0.29, 0.717) is 29.8 Å². The van der Waals surface area contributed by atoms with Crippen LogP contribution in [0.5, 0.6) is 0 Å². The number of esters is 2. The lowest BCUT2D eigenvalue weighted by Gasteiger charge is -2.48. The average Bonchev–Trinajstić information content (AvgIpc) is 3.18. The Balaban J connectivity index is 1.58. The monoisotopic (exact) mass is 449 g/mol. The van der Waals surface area contributed by atoms with Crippen LogP contribution in [-0.4, -0.2) is 79.8 Å². The van der Waals surface area contributed by atoms with Crippen LogP contribution in [0.25, 0.3) is 0 Å². The summed E-state index contributed by atoms with van der Waals surface area (Å²) in [5, 5.41) is 2.98. The van der Waals surface area contributed by atoms with Crippen LogP contribution in [0.2, 0.25) is 0 Å². The van der Waals surface area contributed by atoms with E-state index in [1.165, 1.54) is 13.5 Å². The number of morpholine rings is 1. The van der Waals surface area contributed by atoms with E-state index < -0.39 is 11.9 Å². The zero-order valence-electron chi connectivity index (χ0n) is 19.4. The van der Waals surface area contributed by atoms with E-state index >= 15 is 0 Å². The van der Waals surface area contributed by atoms with Crippen molar-refractivity contribution in [3.63, 3.8) is 0 Å². The molecule has 0 atom stereocenters. The van der Waals surface area contributed by atoms with Gasteiger partial charge in [-0.1, -0.05) is 26.2 Å². The minimum absolute atomic E-state index is 0.0524. The summed E-state index contributed by atoms with van der Waals surface area (Å²) in [4.78, 5) is 42.5. The molecule has 0 bridgehead atoms. The summed E-state index contributed by atoms with van der Waals surface area (Å²) in [5.74, 6) is -1.50. The summed E-state index contributed by atoms with van der Waals surface area (Å²) < 4.78 is 15.6. The van der Waals surface area contributed by atoms with Crippen LogP contribution in [0.4, 0.5) is 0 Å². The molecule has 178 valence electrons. The Morgan fingerprint density at radius 2 is 1.81 bits per heavy atom. The van der Waals surface area contributed by atoms with Gasteiger partial charge < -0.3 is 24.5 Å². The van der Waals surface area contributed by atoms with E-state index in [2.05, 4.69) is 15.2 Å². The van der Waals surface area contributed by atoms with Crippen molar-refractivity contribution in [2.75, 3.05) is 46.6 Å². The molecule has 9 heteroatoms. The Labute approximate surface area is 189 Å². The third-order valence-electron chi connectivity index (χ3n) is 6.69. The second kappa shape index (κ2) is 11.0. The molecule has 0 aromatic carbocycles. The van der Waals surface area contributed by atoms with E-state index in [4.69, 9.17) is 14.2 Å². The molecule has 2 fully saturated rings. The number of rotatable bonds is 8. The minimum atomic E-state index is -0.664. The maximum Gasteiger partial charge on any atom is 0.355 e. The maximum atomic E-state index is 12.6. The molecular weight excluding hydrogens is 414 g/mol. The Kier molecular flexibility index (Phi) is 8.31. The Morgan fingerprint density at radius 1 is 1.12 bits per heavy atom. The molecule has 2 aliphatic rings. The first-order valence-corrected chi connectivity index (χ1v) is 11.5. The van der Waals surface area contributed by atoms with Crippen molar-refractivity contribution >= 4 is 17.8 Å². The number of aryl methyl sites for hydroxylation is 1. The van der Waals surface area contributed by atoms with Crippen LogP contribution in [0.1, 0.15) is 71.1 Å². The number of nitrogens with one attached hydrogen (secondary N) is 2. The van der Waals surface area contributed by atoms with Crippen molar-refractivity contribution in [1.82, 2.24) is 15.2 Å². The molecule has 0 spiro atoms. The Hall–Kier alpha value is -2.39. The normalized spacial score (nSPS) is 18.7. The molecule has 3 rings (SSSR count). The van der Waals surface area contributed by atoms with Crippen molar-refractivity contribution in [3.05, 3.63) is 22.5 Å². The highest BCUT2D eigenvalue weighted by atomic mass is 16.5. The number of aromatic amines is 1. The summed E-state index contributed by atoms with van der Waals surface area (Å²) in [6.45, 7) is 6.89. The van der Waals surface area contributed by atoms with Crippen LogP contribution < -0.4 is 5.32 Å². The zero-order valence-corrected chi connectivity index (χ0v) is 19.4. The average molecular weight is 450 g/mol. The molecular formula is C23H35N3O6. The molecule has 1 aromatic rings. The highest BCUT2D eigenvalue weighted by Gasteiger charge is 2.38. The topological polar surface area (TPSA) is 110 Å². The number of nitrogens with zero attached hydrogens (tertiary/aromatic N) is 1. The van der Waals surface area contributed by atoms with Gasteiger partial charge in [0.25, 0.3) is 5.91 Å². The molecule has 0 radical (unpaired) electrons. The molecule has 32 heavy (non-hydrogen) atoms. The van der Waals surface area contributed by atoms with Crippen LogP contribution in [-0.2, 0) is 25.4 Å². The van der Waals surface area contributed by atoms with Gasteiger partial charge in [-0.2, -0.15) is 0 Å². The second-order valence-electron chi connectivity index (χ2n) is 8.56. The van der Waals surface area contributed by atoms with Crippen LogP contribution in [0.15, 0.2) is 0 Å². The standard InChI is InChI=1S/C23H35N3O6/c1-4-17-19(21(28)30-3)16(2)20(25-17)22(29)32-14-18(27)24-15-23(8-6-5-7-9-23)26-10-12-31-13-11-26/h25H,4-15H2,1-3H3,(H,24,27). The van der Waals surface area contributed by atoms with Gasteiger partial charge in [-0.3, -0.25) is 9.69 Å². The smallest absolute Gasteiger partial charge is 0.355 e. The third-order valence-corrected chi connectivity index (χ3v) is 6.69. The Bertz CT molecular complexity index is 822. The molecule has 1 aliphatic carbocycles. The Morgan fingerprint density at radius 3 is 2.44 bits per heavy atom. The molecule has 1 aromatic heterocycles. The predicted molar refractivity (Wildman–Crippen MR) is 118 cm³/mol. The molecule has 2 N–H and O–H groups in total. The molecule has 1 saturated heterocycles. The maximum absolute atomic E-state index is 12.6. The van der Waals surface area contributed by atoms with E-state index in [9.17, 15) is 14.4 Å². The van der Waals surface area contributed by atoms with Crippen LogP contribution >= 0.6 is 0 Å². The summed E-state index contributed by atoms with van der Waals surface area (Å²) in [5.41, 5.74) is 1.54. The zero-order chi connectivity index (χ0) is 23.1. The summed E-state index contributed by atoms with van der Waals surface area (Å²) in [6.07, 6.45) is 6.14. The van der Waals surface area contributed by atoms with Crippen molar-refractivity contribution in [2.24, 2.45) is 0 Å². The number of carbonyl (C=O) groups is 3. The predicted octanol–water partition coefficient (Wildman–Crippen LogP) is 1.98. The second-order valence-corrected chi connectivity index (χ2v) is 8.56. The largest absolute Gasteiger partial charge is 0.465 e. The van der Waals surface area contributed by atoms with Crippen LogP contribution in [0.3, 0.4) is 0 Å². The van der Waals surface area contributed by atoms with Crippen molar-refractivity contribution < 1.29 is 28.6 Å². The van der Waals surface area contributed by atoms with Gasteiger partial charge in [-0.05, 0) is 31.7 Å². The summed E-state index contributed by atoms with van der Waals surface area (Å²) >= 11 is 0. The first-order chi connectivity index (χ1) is 15.4. The lowest BCUT2D eigenvalue weighted by Crippen LogP contribution is -2.59. The van der Waals surface area contributed by atoms with Gasteiger partial charge in [0.1, 0.15) is 5.69 Å². The fourth-order valence-corrected chi connectivity index (χ4v) is 4.88. The third kappa shape index (κ3) is 5.32. The highest BCUT2D eigenvalue weighted by molar-refractivity contribution is 5.99. The molecule has 1 aliphatic heterocycles. The molecule has 1 saturated carbocycles. The van der Waals surface area contributed by atoms with Gasteiger partial charge in [0, 0.05) is 30.9 Å². The van der Waals surface area contributed by atoms with Gasteiger partial charge in [0.15, 0.2) is 6.61 Å². The number of H-pyrrole nitrogens is 1. The molecule has 1 amide bonds. The van der Waals surface area contributed by atoms with Crippen molar-refractivity contribution in [1.29, 1.82) is 0 Å².